The molecule has 2 heterocycles. The summed E-state index contributed by atoms with van der Waals surface area (Å²) in [5.41, 5.74) is 1.29. The van der Waals surface area contributed by atoms with Crippen LogP contribution >= 0.6 is 23.2 Å². The number of piperidine rings is 1. The summed E-state index contributed by atoms with van der Waals surface area (Å²) in [6, 6.07) is 3.22. The highest BCUT2D eigenvalue weighted by Gasteiger charge is 2.50. The number of aliphatic hydroxyl groups is 1. The van der Waals surface area contributed by atoms with Gasteiger partial charge in [0, 0.05) is 18.7 Å². The lowest BCUT2D eigenvalue weighted by molar-refractivity contribution is 0.0452. The van der Waals surface area contributed by atoms with Gasteiger partial charge in [-0.1, -0.05) is 37.0 Å². The minimum Gasteiger partial charge on any atom is -0.495 e. The average Bonchev–Trinajstić information content (AvgIpc) is 3.53. The van der Waals surface area contributed by atoms with Gasteiger partial charge in [0.25, 0.3) is 0 Å². The second-order valence-corrected chi connectivity index (χ2v) is 13.1. The van der Waals surface area contributed by atoms with Crippen LogP contribution in [-0.2, 0) is 11.3 Å². The summed E-state index contributed by atoms with van der Waals surface area (Å²) in [5.74, 6) is 2.43. The summed E-state index contributed by atoms with van der Waals surface area (Å²) >= 11 is 13.4. The van der Waals surface area contributed by atoms with Crippen molar-refractivity contribution in [3.8, 4) is 23.0 Å². The number of esters is 1. The topological polar surface area (TPSA) is 94.5 Å². The van der Waals surface area contributed by atoms with Gasteiger partial charge in [0.1, 0.15) is 23.7 Å². The molecule has 2 aliphatic carbocycles. The van der Waals surface area contributed by atoms with Crippen LogP contribution in [0.25, 0.3) is 0 Å². The van der Waals surface area contributed by atoms with Crippen LogP contribution in [0.3, 0.4) is 0 Å². The summed E-state index contributed by atoms with van der Waals surface area (Å²) in [7, 11) is 1.42. The highest BCUT2D eigenvalue weighted by Crippen LogP contribution is 2.55. The Morgan fingerprint density at radius 1 is 1.12 bits per heavy atom. The number of amides is 1. The number of hydrogen-bond donors (Lipinski definition) is 1. The van der Waals surface area contributed by atoms with Gasteiger partial charge in [-0.05, 0) is 79.9 Å². The van der Waals surface area contributed by atoms with E-state index < -0.39 is 18.2 Å². The molecule has 220 valence electrons. The Labute approximate surface area is 249 Å². The maximum atomic E-state index is 13.5. The molecule has 0 radical (unpaired) electrons. The standard InChI is InChI=1S/C31H35Cl2NO7/c1-14(2)7-22(35)19-5-6-23-24(27(19)38-4)30(36)39-13-21-25(32)15(3)26(33)29(28(21)40-23)41-31(37)34-11-17-8-16-9-18(12-34)20(17)10-16/h5-6,14,16-18,20,22,35H,7-13H2,1-4H3/t16?,17?,18?,20?,22-/m0/s1. The van der Waals surface area contributed by atoms with E-state index in [-0.39, 0.29) is 51.1 Å². The van der Waals surface area contributed by atoms with E-state index in [1.54, 1.807) is 24.0 Å². The van der Waals surface area contributed by atoms with E-state index in [2.05, 4.69) is 0 Å². The zero-order valence-corrected chi connectivity index (χ0v) is 25.2. The molecule has 10 heteroatoms. The number of halogens is 2. The van der Waals surface area contributed by atoms with Crippen LogP contribution < -0.4 is 14.2 Å². The van der Waals surface area contributed by atoms with Crippen LogP contribution in [-0.4, -0.2) is 42.3 Å². The van der Waals surface area contributed by atoms with E-state index in [0.29, 0.717) is 54.0 Å². The van der Waals surface area contributed by atoms with Crippen molar-refractivity contribution in [2.45, 2.75) is 59.2 Å². The Morgan fingerprint density at radius 3 is 2.46 bits per heavy atom. The molecule has 2 saturated carbocycles. The Balaban J connectivity index is 1.37. The first-order chi connectivity index (χ1) is 19.6. The van der Waals surface area contributed by atoms with Gasteiger partial charge in [0.15, 0.2) is 11.5 Å². The summed E-state index contributed by atoms with van der Waals surface area (Å²) < 4.78 is 23.6. The summed E-state index contributed by atoms with van der Waals surface area (Å²) in [6.07, 6.45) is 2.73. The molecule has 0 spiro atoms. The van der Waals surface area contributed by atoms with Gasteiger partial charge in [-0.2, -0.15) is 0 Å². The van der Waals surface area contributed by atoms with Crippen LogP contribution in [0.5, 0.6) is 23.0 Å². The Hall–Kier alpha value is -2.68. The molecule has 8 nitrogen and oxygen atoms in total. The molecule has 0 aromatic heterocycles. The molecule has 3 fully saturated rings. The molecule has 1 amide bonds. The van der Waals surface area contributed by atoms with Gasteiger partial charge in [-0.3, -0.25) is 0 Å². The minimum atomic E-state index is -0.862. The van der Waals surface area contributed by atoms with Crippen molar-refractivity contribution < 1.29 is 33.6 Å². The monoisotopic (exact) mass is 603 g/mol. The van der Waals surface area contributed by atoms with Crippen molar-refractivity contribution >= 4 is 35.3 Å². The number of ether oxygens (including phenoxy) is 4. The third-order valence-corrected chi connectivity index (χ3v) is 10.2. The predicted octanol–water partition coefficient (Wildman–Crippen LogP) is 7.33. The molecule has 6 rings (SSSR count). The molecule has 1 N–H and O–H groups in total. The molecule has 2 bridgehead atoms. The second-order valence-electron chi connectivity index (χ2n) is 12.3. The lowest BCUT2D eigenvalue weighted by Gasteiger charge is -2.41. The number of aliphatic hydroxyl groups excluding tert-OH is 1. The number of nitrogens with zero attached hydrogens (tertiary/aromatic N) is 1. The van der Waals surface area contributed by atoms with Crippen molar-refractivity contribution in [3.05, 3.63) is 44.4 Å². The van der Waals surface area contributed by atoms with E-state index >= 15 is 0 Å². The second kappa shape index (κ2) is 10.9. The van der Waals surface area contributed by atoms with Crippen molar-refractivity contribution in [1.29, 1.82) is 0 Å². The molecular weight excluding hydrogens is 569 g/mol. The molecule has 2 unspecified atom stereocenters. The molecule has 4 aliphatic rings. The summed E-state index contributed by atoms with van der Waals surface area (Å²) in [5, 5.41) is 11.3. The van der Waals surface area contributed by atoms with Crippen LogP contribution in [0.15, 0.2) is 12.1 Å². The largest absolute Gasteiger partial charge is 0.495 e. The van der Waals surface area contributed by atoms with E-state index in [4.69, 9.17) is 42.1 Å². The number of fused-ring (bicyclic) bond motifs is 3. The molecular formula is C31H35Cl2NO7. The van der Waals surface area contributed by atoms with Gasteiger partial charge in [0.05, 0.1) is 28.8 Å². The predicted molar refractivity (Wildman–Crippen MR) is 153 cm³/mol. The molecule has 2 aromatic rings. The number of likely N-dealkylation sites (tertiary alicyclic amines) is 1. The van der Waals surface area contributed by atoms with Gasteiger partial charge in [-0.25, -0.2) is 9.59 Å². The Kier molecular flexibility index (Phi) is 7.54. The highest BCUT2D eigenvalue weighted by molar-refractivity contribution is 6.38. The smallest absolute Gasteiger partial charge is 0.415 e. The normalized spacial score (nSPS) is 25.1. The lowest BCUT2D eigenvalue weighted by atomic mass is 9.77. The van der Waals surface area contributed by atoms with Gasteiger partial charge >= 0.3 is 12.1 Å². The number of hydrogen-bond acceptors (Lipinski definition) is 7. The number of rotatable bonds is 5. The maximum absolute atomic E-state index is 13.5. The van der Waals surface area contributed by atoms with Gasteiger partial charge in [-0.15, -0.1) is 0 Å². The molecule has 2 aliphatic heterocycles. The average molecular weight is 605 g/mol. The summed E-state index contributed by atoms with van der Waals surface area (Å²) in [4.78, 5) is 28.6. The molecule has 41 heavy (non-hydrogen) atoms. The van der Waals surface area contributed by atoms with Crippen molar-refractivity contribution in [2.75, 3.05) is 20.2 Å². The third kappa shape index (κ3) is 4.92. The van der Waals surface area contributed by atoms with Crippen molar-refractivity contribution in [1.82, 2.24) is 4.90 Å². The third-order valence-electron chi connectivity index (χ3n) is 9.22. The fourth-order valence-electron chi connectivity index (χ4n) is 7.40. The fourth-order valence-corrected chi connectivity index (χ4v) is 7.90. The van der Waals surface area contributed by atoms with Crippen LogP contribution in [0.1, 0.15) is 72.7 Å². The lowest BCUT2D eigenvalue weighted by Crippen LogP contribution is -2.48. The van der Waals surface area contributed by atoms with Gasteiger partial charge < -0.3 is 29.0 Å². The first-order valence-electron chi connectivity index (χ1n) is 14.3. The first kappa shape index (κ1) is 28.4. The van der Waals surface area contributed by atoms with Crippen molar-refractivity contribution in [3.63, 3.8) is 0 Å². The zero-order valence-electron chi connectivity index (χ0n) is 23.7. The number of methoxy groups -OCH3 is 1. The van der Waals surface area contributed by atoms with Crippen LogP contribution in [0.4, 0.5) is 4.79 Å². The molecule has 3 atom stereocenters. The highest BCUT2D eigenvalue weighted by atomic mass is 35.5. The number of carbonyl (C=O) groups excluding carboxylic acids is 2. The van der Waals surface area contributed by atoms with Crippen LogP contribution in [0, 0.1) is 36.5 Å². The number of cyclic esters (lactones) is 1. The number of carbonyl (C=O) groups is 2. The van der Waals surface area contributed by atoms with Crippen molar-refractivity contribution in [2.24, 2.45) is 29.6 Å². The molecule has 2 aromatic carbocycles. The van der Waals surface area contributed by atoms with E-state index in [9.17, 15) is 14.7 Å². The van der Waals surface area contributed by atoms with E-state index in [0.717, 1.165) is 5.92 Å². The Morgan fingerprint density at radius 2 is 1.83 bits per heavy atom. The van der Waals surface area contributed by atoms with E-state index in [1.165, 1.54) is 26.4 Å². The van der Waals surface area contributed by atoms with Crippen LogP contribution in [0.2, 0.25) is 10.0 Å². The quantitative estimate of drug-likeness (QED) is 0.357. The van der Waals surface area contributed by atoms with Gasteiger partial charge in [0.2, 0.25) is 0 Å². The zero-order chi connectivity index (χ0) is 29.2. The minimum absolute atomic E-state index is 0.0198. The molecule has 1 saturated heterocycles. The summed E-state index contributed by atoms with van der Waals surface area (Å²) in [6.45, 7) is 6.80. The first-order valence-corrected chi connectivity index (χ1v) is 15.0. The fraction of sp³-hybridized carbons (Fsp3) is 0.548. The Bertz CT molecular complexity index is 1390. The van der Waals surface area contributed by atoms with E-state index in [1.807, 2.05) is 13.8 Å². The maximum Gasteiger partial charge on any atom is 0.415 e. The number of benzene rings is 2. The SMILES string of the molecule is COc1c([C@@H](O)CC(C)C)ccc2c1C(=O)OCc1c(Cl)c(C)c(Cl)c(OC(=O)N3CC4CC5CC(C3)C4C5)c1O2.